The smallest absolute Gasteiger partial charge is 0.239 e. The molecule has 0 aliphatic carbocycles. The van der Waals surface area contributed by atoms with Gasteiger partial charge in [-0.15, -0.1) is 0 Å². The number of hydrogen-bond acceptors (Lipinski definition) is 2. The summed E-state index contributed by atoms with van der Waals surface area (Å²) in [6, 6.07) is 6.43. The van der Waals surface area contributed by atoms with Gasteiger partial charge in [0.2, 0.25) is 5.91 Å². The van der Waals surface area contributed by atoms with E-state index in [1.165, 1.54) is 12.1 Å². The summed E-state index contributed by atoms with van der Waals surface area (Å²) in [5.41, 5.74) is 0.729. The molecule has 0 saturated carbocycles. The van der Waals surface area contributed by atoms with E-state index >= 15 is 0 Å². The average molecular weight is 264 g/mol. The lowest BCUT2D eigenvalue weighted by atomic mass is 10.2. The Morgan fingerprint density at radius 1 is 1.42 bits per heavy atom. The fourth-order valence-corrected chi connectivity index (χ4v) is 1.95. The molecule has 0 radical (unpaired) electrons. The number of fused-ring (bicyclic) bond motifs is 1. The van der Waals surface area contributed by atoms with Crippen molar-refractivity contribution in [3.05, 3.63) is 36.3 Å². The summed E-state index contributed by atoms with van der Waals surface area (Å²) in [5.74, 6) is -0.384. The van der Waals surface area contributed by atoms with Crippen LogP contribution in [-0.4, -0.2) is 30.7 Å². The highest BCUT2D eigenvalue weighted by atomic mass is 19.1. The lowest BCUT2D eigenvalue weighted by Crippen LogP contribution is -2.28. The number of ether oxygens (including phenoxy) is 1. The molecule has 1 aromatic heterocycles. The Labute approximate surface area is 111 Å². The number of halogens is 1. The molecular weight excluding hydrogens is 247 g/mol. The molecule has 0 atom stereocenters. The zero-order chi connectivity index (χ0) is 13.7. The lowest BCUT2D eigenvalue weighted by Gasteiger charge is -2.07. The lowest BCUT2D eigenvalue weighted by molar-refractivity contribution is -0.121. The topological polar surface area (TPSA) is 43.3 Å². The van der Waals surface area contributed by atoms with Crippen LogP contribution in [0.3, 0.4) is 0 Å². The molecule has 0 unspecified atom stereocenters. The van der Waals surface area contributed by atoms with Gasteiger partial charge in [-0.05, 0) is 36.1 Å². The fraction of sp³-hybridized carbons (Fsp3) is 0.357. The zero-order valence-electron chi connectivity index (χ0n) is 10.9. The predicted octanol–water partition coefficient (Wildman–Crippen LogP) is 1.93. The van der Waals surface area contributed by atoms with E-state index < -0.39 is 0 Å². The SMILES string of the molecule is COCCCNC(=O)Cn1ccc2ccc(F)cc21. The maximum Gasteiger partial charge on any atom is 0.239 e. The molecule has 2 aromatic rings. The van der Waals surface area contributed by atoms with Crippen LogP contribution in [0, 0.1) is 5.82 Å². The van der Waals surface area contributed by atoms with Gasteiger partial charge in [-0.2, -0.15) is 0 Å². The van der Waals surface area contributed by atoms with Crippen LogP contribution < -0.4 is 5.32 Å². The number of amides is 1. The fourth-order valence-electron chi connectivity index (χ4n) is 1.95. The molecule has 0 bridgehead atoms. The standard InChI is InChI=1S/C14H17FN2O2/c1-19-8-2-6-16-14(18)10-17-7-5-11-3-4-12(15)9-13(11)17/h3-5,7,9H,2,6,8,10H2,1H3,(H,16,18). The van der Waals surface area contributed by atoms with Crippen molar-refractivity contribution in [1.82, 2.24) is 9.88 Å². The Hall–Kier alpha value is -1.88. The number of benzene rings is 1. The Bertz CT molecular complexity index is 566. The summed E-state index contributed by atoms with van der Waals surface area (Å²) in [4.78, 5) is 11.7. The average Bonchev–Trinajstić information content (AvgIpc) is 2.77. The zero-order valence-corrected chi connectivity index (χ0v) is 10.9. The van der Waals surface area contributed by atoms with Crippen molar-refractivity contribution in [2.75, 3.05) is 20.3 Å². The summed E-state index contributed by atoms with van der Waals surface area (Å²) < 4.78 is 19.8. The van der Waals surface area contributed by atoms with Gasteiger partial charge in [-0.3, -0.25) is 4.79 Å². The maximum atomic E-state index is 13.2. The molecule has 0 saturated heterocycles. The van der Waals surface area contributed by atoms with Gasteiger partial charge >= 0.3 is 0 Å². The molecule has 1 heterocycles. The second-order valence-electron chi connectivity index (χ2n) is 4.34. The third-order valence-electron chi connectivity index (χ3n) is 2.90. The van der Waals surface area contributed by atoms with Crippen molar-refractivity contribution < 1.29 is 13.9 Å². The largest absolute Gasteiger partial charge is 0.385 e. The monoisotopic (exact) mass is 264 g/mol. The summed E-state index contributed by atoms with van der Waals surface area (Å²) in [7, 11) is 1.63. The van der Waals surface area contributed by atoms with E-state index in [1.54, 1.807) is 23.9 Å². The number of carbonyl (C=O) groups excluding carboxylic acids is 1. The third kappa shape index (κ3) is 3.54. The van der Waals surface area contributed by atoms with Crippen LogP contribution in [0.2, 0.25) is 0 Å². The van der Waals surface area contributed by atoms with E-state index in [4.69, 9.17) is 4.74 Å². The highest BCUT2D eigenvalue weighted by Crippen LogP contribution is 2.16. The van der Waals surface area contributed by atoms with E-state index in [-0.39, 0.29) is 18.3 Å². The number of nitrogens with one attached hydrogen (secondary N) is 1. The van der Waals surface area contributed by atoms with Gasteiger partial charge in [0.15, 0.2) is 0 Å². The Morgan fingerprint density at radius 2 is 2.26 bits per heavy atom. The van der Waals surface area contributed by atoms with E-state index in [1.807, 2.05) is 6.07 Å². The number of hydrogen-bond donors (Lipinski definition) is 1. The maximum absolute atomic E-state index is 13.2. The number of carbonyl (C=O) groups is 1. The molecule has 4 nitrogen and oxygen atoms in total. The van der Waals surface area contributed by atoms with Gasteiger partial charge < -0.3 is 14.6 Å². The minimum atomic E-state index is -0.298. The summed E-state index contributed by atoms with van der Waals surface area (Å²) in [5, 5.41) is 3.73. The first kappa shape index (κ1) is 13.5. The number of aromatic nitrogens is 1. The molecule has 0 aliphatic rings. The van der Waals surface area contributed by atoms with E-state index in [0.717, 1.165) is 17.3 Å². The molecule has 102 valence electrons. The van der Waals surface area contributed by atoms with E-state index in [9.17, 15) is 9.18 Å². The summed E-state index contributed by atoms with van der Waals surface area (Å²) >= 11 is 0. The van der Waals surface area contributed by atoms with Crippen LogP contribution in [0.4, 0.5) is 4.39 Å². The summed E-state index contributed by atoms with van der Waals surface area (Å²) in [6.07, 6.45) is 2.57. The van der Waals surface area contributed by atoms with Crippen LogP contribution >= 0.6 is 0 Å². The van der Waals surface area contributed by atoms with Crippen LogP contribution in [0.5, 0.6) is 0 Å². The Balaban J connectivity index is 1.97. The van der Waals surface area contributed by atoms with Crippen molar-refractivity contribution in [2.45, 2.75) is 13.0 Å². The summed E-state index contributed by atoms with van der Waals surface area (Å²) in [6.45, 7) is 1.40. The molecule has 2 rings (SSSR count). The minimum absolute atomic E-state index is 0.0853. The second-order valence-corrected chi connectivity index (χ2v) is 4.34. The van der Waals surface area contributed by atoms with Crippen LogP contribution in [-0.2, 0) is 16.1 Å². The molecule has 0 aliphatic heterocycles. The van der Waals surface area contributed by atoms with Gasteiger partial charge in [0.25, 0.3) is 0 Å². The van der Waals surface area contributed by atoms with Gasteiger partial charge in [0, 0.05) is 26.5 Å². The quantitative estimate of drug-likeness (QED) is 0.810. The van der Waals surface area contributed by atoms with Crippen LogP contribution in [0.25, 0.3) is 10.9 Å². The van der Waals surface area contributed by atoms with Crippen LogP contribution in [0.15, 0.2) is 30.5 Å². The van der Waals surface area contributed by atoms with Crippen molar-refractivity contribution >= 4 is 16.8 Å². The van der Waals surface area contributed by atoms with Crippen molar-refractivity contribution in [3.63, 3.8) is 0 Å². The normalized spacial score (nSPS) is 10.8. The van der Waals surface area contributed by atoms with Gasteiger partial charge in [0.1, 0.15) is 12.4 Å². The third-order valence-corrected chi connectivity index (χ3v) is 2.90. The van der Waals surface area contributed by atoms with Crippen molar-refractivity contribution in [1.29, 1.82) is 0 Å². The molecule has 0 fully saturated rings. The van der Waals surface area contributed by atoms with Gasteiger partial charge in [-0.25, -0.2) is 4.39 Å². The molecular formula is C14H17FN2O2. The van der Waals surface area contributed by atoms with E-state index in [0.29, 0.717) is 13.2 Å². The second kappa shape index (κ2) is 6.33. The number of nitrogens with zero attached hydrogens (tertiary/aromatic N) is 1. The molecule has 1 N–H and O–H groups in total. The van der Waals surface area contributed by atoms with E-state index in [2.05, 4.69) is 5.32 Å². The molecule has 0 spiro atoms. The minimum Gasteiger partial charge on any atom is -0.385 e. The van der Waals surface area contributed by atoms with Crippen molar-refractivity contribution in [2.24, 2.45) is 0 Å². The Morgan fingerprint density at radius 3 is 3.05 bits per heavy atom. The first-order chi connectivity index (χ1) is 9.20. The van der Waals surface area contributed by atoms with Crippen molar-refractivity contribution in [3.8, 4) is 0 Å². The predicted molar refractivity (Wildman–Crippen MR) is 71.4 cm³/mol. The highest BCUT2D eigenvalue weighted by molar-refractivity contribution is 5.83. The highest BCUT2D eigenvalue weighted by Gasteiger charge is 2.06. The molecule has 1 aromatic carbocycles. The first-order valence-corrected chi connectivity index (χ1v) is 6.21. The molecule has 5 heteroatoms. The van der Waals surface area contributed by atoms with Gasteiger partial charge in [0.05, 0.1) is 5.52 Å². The molecule has 19 heavy (non-hydrogen) atoms. The Kier molecular flexibility index (Phi) is 4.52. The number of methoxy groups -OCH3 is 1. The van der Waals surface area contributed by atoms with Gasteiger partial charge in [-0.1, -0.05) is 0 Å². The number of rotatable bonds is 6. The first-order valence-electron chi connectivity index (χ1n) is 6.21. The van der Waals surface area contributed by atoms with Crippen LogP contribution in [0.1, 0.15) is 6.42 Å². The molecule has 1 amide bonds.